The first kappa shape index (κ1) is 12.5. The Morgan fingerprint density at radius 2 is 2.24 bits per heavy atom. The molecule has 0 aliphatic heterocycles. The minimum absolute atomic E-state index is 0.00538. The topological polar surface area (TPSA) is 85.1 Å². The summed E-state index contributed by atoms with van der Waals surface area (Å²) in [7, 11) is -3.44. The largest absolute Gasteiger partial charge is 0.325 e. The van der Waals surface area contributed by atoms with Crippen LogP contribution in [0.5, 0.6) is 0 Å². The van der Waals surface area contributed by atoms with Gasteiger partial charge in [0.25, 0.3) is 0 Å². The molecule has 1 fully saturated rings. The average Bonchev–Trinajstić information content (AvgIpc) is 3.12. The van der Waals surface area contributed by atoms with E-state index in [2.05, 4.69) is 9.71 Å². The summed E-state index contributed by atoms with van der Waals surface area (Å²) in [6, 6.07) is 3.17. The minimum atomic E-state index is -3.44. The summed E-state index contributed by atoms with van der Waals surface area (Å²) in [4.78, 5) is 4.18. The first-order valence-electron chi connectivity index (χ1n) is 5.70. The van der Waals surface area contributed by atoms with Gasteiger partial charge >= 0.3 is 0 Å². The normalized spacial score (nSPS) is 18.0. The number of aromatic nitrogens is 1. The Kier molecular flexibility index (Phi) is 3.46. The van der Waals surface area contributed by atoms with Crippen LogP contribution >= 0.6 is 0 Å². The first-order chi connectivity index (χ1) is 8.03. The number of hydrogen-bond acceptors (Lipinski definition) is 4. The van der Waals surface area contributed by atoms with Crippen LogP contribution in [0.1, 0.15) is 25.5 Å². The predicted molar refractivity (Wildman–Crippen MR) is 64.6 cm³/mol. The molecule has 0 saturated heterocycles. The molecule has 94 valence electrons. The second-order valence-electron chi connectivity index (χ2n) is 4.44. The van der Waals surface area contributed by atoms with Crippen LogP contribution in [0.25, 0.3) is 0 Å². The van der Waals surface area contributed by atoms with Crippen LogP contribution in [0.2, 0.25) is 0 Å². The van der Waals surface area contributed by atoms with Gasteiger partial charge in [-0.25, -0.2) is 13.1 Å². The zero-order valence-corrected chi connectivity index (χ0v) is 10.6. The molecule has 1 aliphatic rings. The van der Waals surface area contributed by atoms with E-state index < -0.39 is 10.0 Å². The quantitative estimate of drug-likeness (QED) is 0.807. The number of pyridine rings is 1. The maximum atomic E-state index is 12.0. The van der Waals surface area contributed by atoms with Gasteiger partial charge < -0.3 is 5.73 Å². The van der Waals surface area contributed by atoms with E-state index >= 15 is 0 Å². The fourth-order valence-electron chi connectivity index (χ4n) is 1.70. The highest BCUT2D eigenvalue weighted by Crippen LogP contribution is 2.32. The number of hydrogen-bond donors (Lipinski definition) is 2. The van der Waals surface area contributed by atoms with Gasteiger partial charge in [0.2, 0.25) is 10.0 Å². The summed E-state index contributed by atoms with van der Waals surface area (Å²) in [6.07, 6.45) is 3.56. The highest BCUT2D eigenvalue weighted by molar-refractivity contribution is 7.89. The van der Waals surface area contributed by atoms with E-state index in [9.17, 15) is 8.42 Å². The van der Waals surface area contributed by atoms with E-state index in [1.165, 1.54) is 12.3 Å². The van der Waals surface area contributed by atoms with Gasteiger partial charge in [0.05, 0.1) is 5.69 Å². The van der Waals surface area contributed by atoms with E-state index in [0.29, 0.717) is 18.2 Å². The zero-order valence-electron chi connectivity index (χ0n) is 9.76. The van der Waals surface area contributed by atoms with Crippen molar-refractivity contribution >= 4 is 10.0 Å². The Bertz CT molecular complexity index is 480. The minimum Gasteiger partial charge on any atom is -0.325 e. The number of rotatable bonds is 5. The maximum Gasteiger partial charge on any atom is 0.242 e. The van der Waals surface area contributed by atoms with Crippen molar-refractivity contribution in [2.45, 2.75) is 37.2 Å². The second kappa shape index (κ2) is 4.72. The van der Waals surface area contributed by atoms with Gasteiger partial charge in [-0.2, -0.15) is 0 Å². The van der Waals surface area contributed by atoms with Crippen LogP contribution in [0.3, 0.4) is 0 Å². The van der Waals surface area contributed by atoms with Crippen LogP contribution < -0.4 is 10.5 Å². The Morgan fingerprint density at radius 1 is 1.53 bits per heavy atom. The smallest absolute Gasteiger partial charge is 0.242 e. The number of nitrogens with one attached hydrogen (secondary N) is 1. The molecule has 1 saturated carbocycles. The first-order valence-corrected chi connectivity index (χ1v) is 7.18. The van der Waals surface area contributed by atoms with Crippen molar-refractivity contribution in [1.29, 1.82) is 0 Å². The summed E-state index contributed by atoms with van der Waals surface area (Å²) in [6.45, 7) is 2.21. The molecular formula is C11H17N3O2S. The monoisotopic (exact) mass is 255 g/mol. The Morgan fingerprint density at radius 3 is 2.71 bits per heavy atom. The van der Waals surface area contributed by atoms with Crippen molar-refractivity contribution in [2.75, 3.05) is 0 Å². The number of sulfonamides is 1. The van der Waals surface area contributed by atoms with Crippen molar-refractivity contribution < 1.29 is 8.42 Å². The maximum absolute atomic E-state index is 12.0. The van der Waals surface area contributed by atoms with Gasteiger partial charge in [-0.3, -0.25) is 4.98 Å². The van der Waals surface area contributed by atoms with E-state index in [4.69, 9.17) is 5.73 Å². The third-order valence-corrected chi connectivity index (χ3v) is 4.53. The molecule has 17 heavy (non-hydrogen) atoms. The van der Waals surface area contributed by atoms with Crippen LogP contribution in [0.15, 0.2) is 23.2 Å². The van der Waals surface area contributed by atoms with Crippen LogP contribution in [-0.4, -0.2) is 19.4 Å². The van der Waals surface area contributed by atoms with Crippen molar-refractivity contribution in [2.24, 2.45) is 11.7 Å². The standard InChI is InChI=1S/C11H17N3O2S/c1-8(9-2-3-9)14-17(15,16)11-5-4-10(6-12)13-7-11/h4-5,7-9,14H,2-3,6,12H2,1H3. The molecule has 1 unspecified atom stereocenters. The van der Waals surface area contributed by atoms with Gasteiger partial charge in [0, 0.05) is 18.8 Å². The molecule has 1 heterocycles. The molecule has 0 bridgehead atoms. The summed E-state index contributed by atoms with van der Waals surface area (Å²) < 4.78 is 26.7. The van der Waals surface area contributed by atoms with Gasteiger partial charge in [0.1, 0.15) is 4.90 Å². The van der Waals surface area contributed by atoms with Crippen LogP contribution in [0, 0.1) is 5.92 Å². The molecule has 2 rings (SSSR count). The van der Waals surface area contributed by atoms with E-state index in [0.717, 1.165) is 12.8 Å². The van der Waals surface area contributed by atoms with Crippen molar-refractivity contribution in [1.82, 2.24) is 9.71 Å². The average molecular weight is 255 g/mol. The van der Waals surface area contributed by atoms with Gasteiger partial charge in [-0.1, -0.05) is 0 Å². The molecule has 6 heteroatoms. The molecule has 0 amide bonds. The van der Waals surface area contributed by atoms with Gasteiger partial charge in [-0.15, -0.1) is 0 Å². The Balaban J connectivity index is 2.12. The second-order valence-corrected chi connectivity index (χ2v) is 6.15. The molecule has 1 aliphatic carbocycles. The third-order valence-electron chi connectivity index (χ3n) is 2.99. The number of nitrogens with two attached hydrogens (primary N) is 1. The van der Waals surface area contributed by atoms with E-state index in [1.54, 1.807) is 6.07 Å². The highest BCUT2D eigenvalue weighted by atomic mass is 32.2. The third kappa shape index (κ3) is 3.02. The summed E-state index contributed by atoms with van der Waals surface area (Å²) in [5, 5.41) is 0. The van der Waals surface area contributed by atoms with Crippen LogP contribution in [-0.2, 0) is 16.6 Å². The summed E-state index contributed by atoms with van der Waals surface area (Å²) in [5.74, 6) is 0.487. The fourth-order valence-corrected chi connectivity index (χ4v) is 2.95. The van der Waals surface area contributed by atoms with Crippen molar-refractivity contribution in [3.63, 3.8) is 0 Å². The lowest BCUT2D eigenvalue weighted by molar-refractivity contribution is 0.537. The number of nitrogens with zero attached hydrogens (tertiary/aromatic N) is 1. The summed E-state index contributed by atoms with van der Waals surface area (Å²) in [5.41, 5.74) is 6.09. The lowest BCUT2D eigenvalue weighted by Gasteiger charge is -2.13. The van der Waals surface area contributed by atoms with Crippen molar-refractivity contribution in [3.8, 4) is 0 Å². The van der Waals surface area contributed by atoms with Crippen molar-refractivity contribution in [3.05, 3.63) is 24.0 Å². The van der Waals surface area contributed by atoms with E-state index in [-0.39, 0.29) is 10.9 Å². The Labute approximate surface area is 101 Å². The highest BCUT2D eigenvalue weighted by Gasteiger charge is 2.31. The fraction of sp³-hybridized carbons (Fsp3) is 0.545. The molecular weight excluding hydrogens is 238 g/mol. The predicted octanol–water partition coefficient (Wildman–Crippen LogP) is 0.617. The molecule has 0 radical (unpaired) electrons. The Hall–Kier alpha value is -0.980. The molecule has 1 aromatic rings. The molecule has 1 aromatic heterocycles. The van der Waals surface area contributed by atoms with E-state index in [1.807, 2.05) is 6.92 Å². The van der Waals surface area contributed by atoms with Gasteiger partial charge in [-0.05, 0) is 37.8 Å². The molecule has 1 atom stereocenters. The molecule has 3 N–H and O–H groups in total. The lowest BCUT2D eigenvalue weighted by Crippen LogP contribution is -2.34. The van der Waals surface area contributed by atoms with Gasteiger partial charge in [0.15, 0.2) is 0 Å². The zero-order chi connectivity index (χ0) is 12.5. The SMILES string of the molecule is CC(NS(=O)(=O)c1ccc(CN)nc1)C1CC1. The molecule has 5 nitrogen and oxygen atoms in total. The summed E-state index contributed by atoms with van der Waals surface area (Å²) >= 11 is 0. The molecule has 0 spiro atoms. The van der Waals surface area contributed by atoms with Crippen LogP contribution in [0.4, 0.5) is 0 Å². The lowest BCUT2D eigenvalue weighted by atomic mass is 10.2. The molecule has 0 aromatic carbocycles.